The van der Waals surface area contributed by atoms with Crippen LogP contribution in [-0.4, -0.2) is 49.6 Å². The molecule has 33 heavy (non-hydrogen) atoms. The zero-order chi connectivity index (χ0) is 23.7. The van der Waals surface area contributed by atoms with Crippen LogP contribution in [0.3, 0.4) is 0 Å². The highest BCUT2D eigenvalue weighted by Gasteiger charge is 2.29. The molecule has 2 heterocycles. The molecule has 0 radical (unpaired) electrons. The fraction of sp³-hybridized carbons (Fsp3) is 0.348. The molecule has 1 atom stereocenters. The van der Waals surface area contributed by atoms with Crippen molar-refractivity contribution < 1.29 is 19.8 Å². The van der Waals surface area contributed by atoms with Crippen LogP contribution in [0.5, 0.6) is 5.75 Å². The second-order valence-corrected chi connectivity index (χ2v) is 9.99. The first kappa shape index (κ1) is 23.6. The molecule has 1 aromatic heterocycles. The van der Waals surface area contributed by atoms with Gasteiger partial charge in [0.2, 0.25) is 5.91 Å². The van der Waals surface area contributed by atoms with Gasteiger partial charge in [0, 0.05) is 25.6 Å². The lowest BCUT2D eigenvalue weighted by Gasteiger charge is -2.33. The number of carboxylic acids is 1. The summed E-state index contributed by atoms with van der Waals surface area (Å²) in [5.74, 6) is -2.08. The van der Waals surface area contributed by atoms with E-state index in [1.807, 2.05) is 24.3 Å². The second kappa shape index (κ2) is 9.72. The van der Waals surface area contributed by atoms with Gasteiger partial charge >= 0.3 is 11.7 Å². The van der Waals surface area contributed by atoms with Crippen LogP contribution in [0.2, 0.25) is 0 Å². The number of aromatic nitrogens is 2. The molecule has 174 valence electrons. The van der Waals surface area contributed by atoms with Gasteiger partial charge in [0.15, 0.2) is 0 Å². The minimum Gasteiger partial charge on any atom is -0.506 e. The molecule has 3 aromatic rings. The molecular formula is C23H23Br2N3O5. The van der Waals surface area contributed by atoms with E-state index in [1.54, 1.807) is 21.6 Å². The number of piperidine rings is 1. The van der Waals surface area contributed by atoms with E-state index in [4.69, 9.17) is 0 Å². The van der Waals surface area contributed by atoms with Gasteiger partial charge in [0.05, 0.1) is 25.9 Å². The number of aromatic hydroxyl groups is 1. The number of imidazole rings is 1. The number of likely N-dealkylation sites (tertiary alicyclic amines) is 1. The van der Waals surface area contributed by atoms with Crippen molar-refractivity contribution in [1.82, 2.24) is 14.5 Å². The number of halogens is 2. The molecule has 10 heteroatoms. The number of benzene rings is 2. The fourth-order valence-electron chi connectivity index (χ4n) is 4.42. The summed E-state index contributed by atoms with van der Waals surface area (Å²) >= 11 is 6.50. The highest BCUT2D eigenvalue weighted by Crippen LogP contribution is 2.34. The molecule has 1 aliphatic rings. The van der Waals surface area contributed by atoms with Gasteiger partial charge in [-0.15, -0.1) is 0 Å². The molecule has 3 N–H and O–H groups in total. The SMILES string of the molecule is O=C(O)[C@H](CC(=O)N1CCC(n2c(=O)[nH]c3ccccc32)CC1)Cc1cc(Br)c(O)c(Br)c1. The molecule has 1 fully saturated rings. The summed E-state index contributed by atoms with van der Waals surface area (Å²) in [6.07, 6.45) is 1.31. The third kappa shape index (κ3) is 5.01. The summed E-state index contributed by atoms with van der Waals surface area (Å²) in [6.45, 7) is 0.941. The molecule has 0 saturated carbocycles. The number of aliphatic carboxylic acids is 1. The smallest absolute Gasteiger partial charge is 0.326 e. The van der Waals surface area contributed by atoms with Gasteiger partial charge in [-0.1, -0.05) is 12.1 Å². The Morgan fingerprint density at radius 1 is 1.12 bits per heavy atom. The molecule has 0 unspecified atom stereocenters. The van der Waals surface area contributed by atoms with E-state index in [-0.39, 0.29) is 36.2 Å². The third-order valence-electron chi connectivity index (χ3n) is 6.14. The lowest BCUT2D eigenvalue weighted by atomic mass is 9.95. The Labute approximate surface area is 206 Å². The number of phenolic OH excluding ortho intramolecular Hbond substituents is 1. The third-order valence-corrected chi connectivity index (χ3v) is 7.34. The summed E-state index contributed by atoms with van der Waals surface area (Å²) < 4.78 is 2.67. The molecule has 2 aromatic carbocycles. The maximum Gasteiger partial charge on any atom is 0.326 e. The van der Waals surface area contributed by atoms with Crippen molar-refractivity contribution in [2.75, 3.05) is 13.1 Å². The van der Waals surface area contributed by atoms with Crippen molar-refractivity contribution in [3.8, 4) is 5.75 Å². The van der Waals surface area contributed by atoms with E-state index in [9.17, 15) is 24.6 Å². The van der Waals surface area contributed by atoms with Crippen LogP contribution in [0.25, 0.3) is 11.0 Å². The normalized spacial score (nSPS) is 15.6. The minimum atomic E-state index is -1.04. The average Bonchev–Trinajstić information content (AvgIpc) is 3.12. The van der Waals surface area contributed by atoms with Gasteiger partial charge in [0.25, 0.3) is 0 Å². The lowest BCUT2D eigenvalue weighted by molar-refractivity contribution is -0.146. The summed E-state index contributed by atoms with van der Waals surface area (Å²) in [5.41, 5.74) is 2.18. The minimum absolute atomic E-state index is 0.0142. The fourth-order valence-corrected chi connectivity index (χ4v) is 5.70. The van der Waals surface area contributed by atoms with Crippen LogP contribution in [0, 0.1) is 5.92 Å². The standard InChI is InChI=1S/C23H23Br2N3O5/c24-16-10-13(11-17(25)21(16)30)9-14(22(31)32)12-20(29)27-7-5-15(6-8-27)28-19-4-2-1-3-18(19)26-23(28)33/h1-4,10-11,14-15,30H,5-9,12H2,(H,26,33)(H,31,32)/t14-/m0/s1. The van der Waals surface area contributed by atoms with Crippen molar-refractivity contribution >= 4 is 54.8 Å². The number of nitrogens with zero attached hydrogens (tertiary/aromatic N) is 2. The molecule has 0 aliphatic carbocycles. The van der Waals surface area contributed by atoms with E-state index in [2.05, 4.69) is 36.8 Å². The number of amides is 1. The lowest BCUT2D eigenvalue weighted by Crippen LogP contribution is -2.41. The largest absolute Gasteiger partial charge is 0.506 e. The molecule has 0 spiro atoms. The van der Waals surface area contributed by atoms with Crippen molar-refractivity contribution in [3.05, 3.63) is 61.4 Å². The van der Waals surface area contributed by atoms with Crippen LogP contribution < -0.4 is 5.69 Å². The summed E-state index contributed by atoms with van der Waals surface area (Å²) in [7, 11) is 0. The topological polar surface area (TPSA) is 116 Å². The summed E-state index contributed by atoms with van der Waals surface area (Å²) in [4.78, 5) is 41.8. The number of fused-ring (bicyclic) bond motifs is 1. The molecule has 4 rings (SSSR count). The van der Waals surface area contributed by atoms with Gasteiger partial charge < -0.3 is 20.1 Å². The predicted octanol–water partition coefficient (Wildman–Crippen LogP) is 4.06. The van der Waals surface area contributed by atoms with Crippen molar-refractivity contribution in [2.24, 2.45) is 5.92 Å². The van der Waals surface area contributed by atoms with Gasteiger partial charge in [-0.25, -0.2) is 4.79 Å². The Bertz CT molecular complexity index is 1240. The van der Waals surface area contributed by atoms with Gasteiger partial charge in [0.1, 0.15) is 5.75 Å². The monoisotopic (exact) mass is 579 g/mol. The molecule has 8 nitrogen and oxygen atoms in total. The number of hydrogen-bond donors (Lipinski definition) is 3. The van der Waals surface area contributed by atoms with E-state index in [0.717, 1.165) is 11.0 Å². The first-order valence-corrected chi connectivity index (χ1v) is 12.2. The van der Waals surface area contributed by atoms with Gasteiger partial charge in [-0.05, 0) is 81.0 Å². The Balaban J connectivity index is 1.41. The molecular weight excluding hydrogens is 558 g/mol. The predicted molar refractivity (Wildman–Crippen MR) is 130 cm³/mol. The zero-order valence-electron chi connectivity index (χ0n) is 17.6. The molecule has 1 amide bonds. The number of rotatable bonds is 6. The van der Waals surface area contributed by atoms with Crippen molar-refractivity contribution in [2.45, 2.75) is 31.7 Å². The number of carboxylic acid groups (broad SMARTS) is 1. The molecule has 0 bridgehead atoms. The van der Waals surface area contributed by atoms with Crippen molar-refractivity contribution in [3.63, 3.8) is 0 Å². The summed E-state index contributed by atoms with van der Waals surface area (Å²) in [5, 5.41) is 19.5. The van der Waals surface area contributed by atoms with Crippen molar-refractivity contribution in [1.29, 1.82) is 0 Å². The van der Waals surface area contributed by atoms with Gasteiger partial charge in [-0.2, -0.15) is 0 Å². The highest BCUT2D eigenvalue weighted by molar-refractivity contribution is 9.11. The quantitative estimate of drug-likeness (QED) is 0.407. The van der Waals surface area contributed by atoms with Crippen LogP contribution in [0.1, 0.15) is 30.9 Å². The first-order valence-electron chi connectivity index (χ1n) is 10.6. The zero-order valence-corrected chi connectivity index (χ0v) is 20.8. The van der Waals surface area contributed by atoms with Crippen LogP contribution in [0.4, 0.5) is 0 Å². The number of hydrogen-bond acceptors (Lipinski definition) is 4. The van der Waals surface area contributed by atoms with E-state index in [0.29, 0.717) is 40.4 Å². The number of aromatic amines is 1. The second-order valence-electron chi connectivity index (χ2n) is 8.28. The highest BCUT2D eigenvalue weighted by atomic mass is 79.9. The average molecular weight is 581 g/mol. The number of para-hydroxylation sites is 2. The maximum absolute atomic E-state index is 12.9. The van der Waals surface area contributed by atoms with E-state index in [1.165, 1.54) is 0 Å². The first-order chi connectivity index (χ1) is 15.7. The Hall–Kier alpha value is -2.59. The van der Waals surface area contributed by atoms with Crippen LogP contribution >= 0.6 is 31.9 Å². The van der Waals surface area contributed by atoms with E-state index >= 15 is 0 Å². The Morgan fingerprint density at radius 3 is 2.39 bits per heavy atom. The number of carbonyl (C=O) groups excluding carboxylic acids is 1. The molecule has 1 aliphatic heterocycles. The Morgan fingerprint density at radius 2 is 1.76 bits per heavy atom. The Kier molecular flexibility index (Phi) is 6.94. The number of nitrogens with one attached hydrogen (secondary N) is 1. The summed E-state index contributed by atoms with van der Waals surface area (Å²) in [6, 6.07) is 10.8. The van der Waals surface area contributed by atoms with E-state index < -0.39 is 11.9 Å². The molecule has 1 saturated heterocycles. The number of H-pyrrole nitrogens is 1. The number of carbonyl (C=O) groups is 2. The maximum atomic E-state index is 12.9. The van der Waals surface area contributed by atoms with Crippen LogP contribution in [-0.2, 0) is 16.0 Å². The van der Waals surface area contributed by atoms with Crippen LogP contribution in [0.15, 0.2) is 50.1 Å². The number of phenols is 1. The van der Waals surface area contributed by atoms with Gasteiger partial charge in [-0.3, -0.25) is 14.2 Å².